The van der Waals surface area contributed by atoms with Crippen molar-refractivity contribution in [2.24, 2.45) is 11.8 Å². The van der Waals surface area contributed by atoms with Gasteiger partial charge in [-0.3, -0.25) is 4.79 Å². The molecule has 2 saturated heterocycles. The monoisotopic (exact) mass is 266 g/mol. The zero-order valence-electron chi connectivity index (χ0n) is 11.3. The topological polar surface area (TPSA) is 60.9 Å². The lowest BCUT2D eigenvalue weighted by Crippen LogP contribution is -2.45. The standard InChI is InChI=1S/C14H22N2O3/c17-13(18)7-12-5-2-6-16(12)14(19)15-8-10-3-1-4-11(10)9-15/h10-12H,1-9H2,(H,17,18). The number of nitrogens with zero attached hydrogens (tertiary/aromatic N) is 2. The van der Waals surface area contributed by atoms with Gasteiger partial charge in [0.15, 0.2) is 0 Å². The van der Waals surface area contributed by atoms with Gasteiger partial charge in [0.2, 0.25) is 0 Å². The number of amides is 2. The molecule has 0 aromatic heterocycles. The van der Waals surface area contributed by atoms with E-state index in [1.54, 1.807) is 4.90 Å². The minimum Gasteiger partial charge on any atom is -0.481 e. The Morgan fingerprint density at radius 2 is 1.74 bits per heavy atom. The summed E-state index contributed by atoms with van der Waals surface area (Å²) in [5.74, 6) is 0.594. The predicted molar refractivity (Wildman–Crippen MR) is 69.8 cm³/mol. The quantitative estimate of drug-likeness (QED) is 0.828. The molecular formula is C14H22N2O3. The maximum atomic E-state index is 12.5. The highest BCUT2D eigenvalue weighted by molar-refractivity contribution is 5.77. The fraction of sp³-hybridized carbons (Fsp3) is 0.857. The van der Waals surface area contributed by atoms with Gasteiger partial charge in [-0.1, -0.05) is 6.42 Å². The average molecular weight is 266 g/mol. The Bertz CT molecular complexity index is 373. The number of hydrogen-bond donors (Lipinski definition) is 1. The molecule has 1 saturated carbocycles. The summed E-state index contributed by atoms with van der Waals surface area (Å²) in [6.07, 6.45) is 5.68. The van der Waals surface area contributed by atoms with Crippen molar-refractivity contribution in [2.75, 3.05) is 19.6 Å². The van der Waals surface area contributed by atoms with Gasteiger partial charge in [0.05, 0.1) is 6.42 Å². The van der Waals surface area contributed by atoms with Crippen molar-refractivity contribution in [1.29, 1.82) is 0 Å². The summed E-state index contributed by atoms with van der Waals surface area (Å²) in [6.45, 7) is 2.50. The zero-order valence-corrected chi connectivity index (χ0v) is 11.3. The number of hydrogen-bond acceptors (Lipinski definition) is 2. The van der Waals surface area contributed by atoms with Crippen LogP contribution in [0.1, 0.15) is 38.5 Å². The van der Waals surface area contributed by atoms with E-state index in [2.05, 4.69) is 0 Å². The van der Waals surface area contributed by atoms with Gasteiger partial charge in [0.25, 0.3) is 0 Å². The van der Waals surface area contributed by atoms with Crippen LogP contribution in [0.15, 0.2) is 0 Å². The van der Waals surface area contributed by atoms with E-state index < -0.39 is 5.97 Å². The third kappa shape index (κ3) is 2.42. The molecule has 3 atom stereocenters. The van der Waals surface area contributed by atoms with Crippen molar-refractivity contribution < 1.29 is 14.7 Å². The fourth-order valence-electron chi connectivity index (χ4n) is 4.07. The van der Waals surface area contributed by atoms with Gasteiger partial charge in [0, 0.05) is 25.7 Å². The first-order valence-corrected chi connectivity index (χ1v) is 7.42. The van der Waals surface area contributed by atoms with Gasteiger partial charge in [-0.25, -0.2) is 4.79 Å². The highest BCUT2D eigenvalue weighted by Gasteiger charge is 2.41. The molecule has 3 rings (SSSR count). The number of urea groups is 1. The molecule has 5 nitrogen and oxygen atoms in total. The maximum Gasteiger partial charge on any atom is 0.320 e. The van der Waals surface area contributed by atoms with E-state index >= 15 is 0 Å². The molecule has 1 aliphatic carbocycles. The molecule has 0 aromatic rings. The largest absolute Gasteiger partial charge is 0.481 e. The van der Waals surface area contributed by atoms with Crippen LogP contribution in [0.5, 0.6) is 0 Å². The SMILES string of the molecule is O=C(O)CC1CCCN1C(=O)N1CC2CCCC2C1. The van der Waals surface area contributed by atoms with E-state index in [-0.39, 0.29) is 18.5 Å². The summed E-state index contributed by atoms with van der Waals surface area (Å²) in [7, 11) is 0. The third-order valence-corrected chi connectivity index (χ3v) is 5.03. The molecule has 1 N–H and O–H groups in total. The number of likely N-dealkylation sites (tertiary alicyclic amines) is 2. The molecule has 5 heteroatoms. The Morgan fingerprint density at radius 3 is 2.37 bits per heavy atom. The summed E-state index contributed by atoms with van der Waals surface area (Å²) < 4.78 is 0. The molecule has 0 aromatic carbocycles. The summed E-state index contributed by atoms with van der Waals surface area (Å²) in [5.41, 5.74) is 0. The van der Waals surface area contributed by atoms with Crippen LogP contribution in [0.4, 0.5) is 4.79 Å². The smallest absolute Gasteiger partial charge is 0.320 e. The van der Waals surface area contributed by atoms with Gasteiger partial charge in [-0.15, -0.1) is 0 Å². The lowest BCUT2D eigenvalue weighted by molar-refractivity contribution is -0.138. The molecule has 19 heavy (non-hydrogen) atoms. The summed E-state index contributed by atoms with van der Waals surface area (Å²) in [6, 6.07) is -0.0106. The number of fused-ring (bicyclic) bond motifs is 1. The molecule has 2 amide bonds. The van der Waals surface area contributed by atoms with Crippen LogP contribution in [-0.2, 0) is 4.79 Å². The van der Waals surface area contributed by atoms with Crippen LogP contribution >= 0.6 is 0 Å². The molecular weight excluding hydrogens is 244 g/mol. The molecule has 2 heterocycles. The first kappa shape index (κ1) is 12.8. The number of rotatable bonds is 2. The molecule has 3 fully saturated rings. The second-order valence-corrected chi connectivity index (χ2v) is 6.23. The van der Waals surface area contributed by atoms with Crippen LogP contribution in [-0.4, -0.2) is 52.6 Å². The Kier molecular flexibility index (Phi) is 3.37. The Labute approximate surface area is 113 Å². The summed E-state index contributed by atoms with van der Waals surface area (Å²) >= 11 is 0. The van der Waals surface area contributed by atoms with Gasteiger partial charge >= 0.3 is 12.0 Å². The van der Waals surface area contributed by atoms with Crippen molar-refractivity contribution in [1.82, 2.24) is 9.80 Å². The van der Waals surface area contributed by atoms with Crippen molar-refractivity contribution in [3.8, 4) is 0 Å². The van der Waals surface area contributed by atoms with Gasteiger partial charge in [-0.05, 0) is 37.5 Å². The summed E-state index contributed by atoms with van der Waals surface area (Å²) in [4.78, 5) is 27.1. The van der Waals surface area contributed by atoms with Crippen LogP contribution in [0, 0.1) is 11.8 Å². The van der Waals surface area contributed by atoms with E-state index in [9.17, 15) is 9.59 Å². The molecule has 0 bridgehead atoms. The van der Waals surface area contributed by atoms with Crippen molar-refractivity contribution in [2.45, 2.75) is 44.6 Å². The first-order valence-electron chi connectivity index (χ1n) is 7.42. The summed E-state index contributed by atoms with van der Waals surface area (Å²) in [5, 5.41) is 8.92. The molecule has 106 valence electrons. The fourth-order valence-corrected chi connectivity index (χ4v) is 4.07. The van der Waals surface area contributed by atoms with E-state index in [4.69, 9.17) is 5.11 Å². The Morgan fingerprint density at radius 1 is 1.05 bits per heavy atom. The normalized spacial score (nSPS) is 33.8. The van der Waals surface area contributed by atoms with E-state index in [1.807, 2.05) is 4.90 Å². The van der Waals surface area contributed by atoms with E-state index in [1.165, 1.54) is 19.3 Å². The first-order chi connectivity index (χ1) is 9.15. The number of carboxylic acid groups (broad SMARTS) is 1. The Balaban J connectivity index is 1.62. The zero-order chi connectivity index (χ0) is 13.4. The second kappa shape index (κ2) is 5.02. The predicted octanol–water partition coefficient (Wildman–Crippen LogP) is 1.78. The lowest BCUT2D eigenvalue weighted by atomic mass is 10.0. The molecule has 3 unspecified atom stereocenters. The van der Waals surface area contributed by atoms with E-state index in [0.29, 0.717) is 11.8 Å². The van der Waals surface area contributed by atoms with Crippen LogP contribution in [0.2, 0.25) is 0 Å². The van der Waals surface area contributed by atoms with Gasteiger partial charge < -0.3 is 14.9 Å². The average Bonchev–Trinajstić information content (AvgIpc) is 2.99. The van der Waals surface area contributed by atoms with Crippen molar-refractivity contribution in [3.05, 3.63) is 0 Å². The number of carbonyl (C=O) groups excluding carboxylic acids is 1. The van der Waals surface area contributed by atoms with Crippen LogP contribution < -0.4 is 0 Å². The van der Waals surface area contributed by atoms with Crippen molar-refractivity contribution in [3.63, 3.8) is 0 Å². The Hall–Kier alpha value is -1.26. The van der Waals surface area contributed by atoms with Gasteiger partial charge in [0.1, 0.15) is 0 Å². The van der Waals surface area contributed by atoms with E-state index in [0.717, 1.165) is 32.5 Å². The van der Waals surface area contributed by atoms with Gasteiger partial charge in [-0.2, -0.15) is 0 Å². The minimum atomic E-state index is -0.803. The minimum absolute atomic E-state index is 0.0816. The molecule has 2 aliphatic heterocycles. The maximum absolute atomic E-state index is 12.5. The van der Waals surface area contributed by atoms with Crippen LogP contribution in [0.3, 0.4) is 0 Å². The van der Waals surface area contributed by atoms with Crippen molar-refractivity contribution >= 4 is 12.0 Å². The highest BCUT2D eigenvalue weighted by Crippen LogP contribution is 2.38. The second-order valence-electron chi connectivity index (χ2n) is 6.23. The van der Waals surface area contributed by atoms with Crippen LogP contribution in [0.25, 0.3) is 0 Å². The molecule has 0 spiro atoms. The number of carboxylic acids is 1. The molecule has 0 radical (unpaired) electrons. The highest BCUT2D eigenvalue weighted by atomic mass is 16.4. The molecule has 3 aliphatic rings. The third-order valence-electron chi connectivity index (χ3n) is 5.03. The number of carbonyl (C=O) groups is 2. The number of aliphatic carboxylic acids is 1. The lowest BCUT2D eigenvalue weighted by Gasteiger charge is -2.29.